The lowest BCUT2D eigenvalue weighted by molar-refractivity contribution is 0.414. The van der Waals surface area contributed by atoms with E-state index in [2.05, 4.69) is 31.9 Å². The van der Waals surface area contributed by atoms with E-state index in [9.17, 15) is 8.78 Å². The highest BCUT2D eigenvalue weighted by atomic mass is 79.9. The highest BCUT2D eigenvalue weighted by Crippen LogP contribution is 2.30. The zero-order chi connectivity index (χ0) is 12.4. The molecular formula is C12H6Br2F2O. The van der Waals surface area contributed by atoms with Crippen molar-refractivity contribution in [2.45, 2.75) is 0 Å². The van der Waals surface area contributed by atoms with E-state index in [1.54, 1.807) is 12.1 Å². The zero-order valence-corrected chi connectivity index (χ0v) is 11.6. The van der Waals surface area contributed by atoms with Crippen molar-refractivity contribution in [1.29, 1.82) is 0 Å². The molecule has 0 bridgehead atoms. The number of benzene rings is 2. The Labute approximate surface area is 114 Å². The van der Waals surface area contributed by atoms with Crippen LogP contribution in [0, 0.1) is 11.6 Å². The molecule has 0 fully saturated rings. The molecule has 2 rings (SSSR count). The Bertz CT molecular complexity index is 509. The maximum Gasteiger partial charge on any atom is 0.165 e. The van der Waals surface area contributed by atoms with Gasteiger partial charge in [-0.25, -0.2) is 8.78 Å². The van der Waals surface area contributed by atoms with Crippen molar-refractivity contribution in [3.63, 3.8) is 0 Å². The number of ether oxygens (including phenoxy) is 1. The summed E-state index contributed by atoms with van der Waals surface area (Å²) in [5.74, 6) is -1.16. The molecule has 0 radical (unpaired) electrons. The van der Waals surface area contributed by atoms with E-state index >= 15 is 0 Å². The lowest BCUT2D eigenvalue weighted by atomic mass is 10.3. The molecule has 88 valence electrons. The summed E-state index contributed by atoms with van der Waals surface area (Å²) in [4.78, 5) is 0. The highest BCUT2D eigenvalue weighted by Gasteiger charge is 2.09. The second-order valence-electron chi connectivity index (χ2n) is 3.25. The Morgan fingerprint density at radius 2 is 1.18 bits per heavy atom. The van der Waals surface area contributed by atoms with Gasteiger partial charge in [0.05, 0.1) is 0 Å². The molecule has 0 saturated heterocycles. The predicted octanol–water partition coefficient (Wildman–Crippen LogP) is 5.28. The summed E-state index contributed by atoms with van der Waals surface area (Å²) >= 11 is 6.39. The van der Waals surface area contributed by atoms with E-state index in [1.165, 1.54) is 24.3 Å². The molecule has 0 aliphatic carbocycles. The molecule has 0 atom stereocenters. The summed E-state index contributed by atoms with van der Waals surface area (Å²) in [6.45, 7) is 0. The Morgan fingerprint density at radius 3 is 1.59 bits per heavy atom. The van der Waals surface area contributed by atoms with Crippen LogP contribution in [0.1, 0.15) is 0 Å². The van der Waals surface area contributed by atoms with Crippen LogP contribution in [0.15, 0.2) is 45.3 Å². The normalized spacial score (nSPS) is 10.4. The molecule has 5 heteroatoms. The van der Waals surface area contributed by atoms with Crippen LogP contribution in [0.2, 0.25) is 0 Å². The first-order valence-electron chi connectivity index (χ1n) is 4.64. The smallest absolute Gasteiger partial charge is 0.165 e. The molecule has 0 spiro atoms. The SMILES string of the molecule is Fc1ccc(Br)cc1Oc1cc(Br)ccc1F. The Balaban J connectivity index is 2.37. The van der Waals surface area contributed by atoms with Crippen LogP contribution in [-0.4, -0.2) is 0 Å². The van der Waals surface area contributed by atoms with E-state index in [0.29, 0.717) is 8.95 Å². The van der Waals surface area contributed by atoms with Crippen LogP contribution in [0.4, 0.5) is 8.78 Å². The van der Waals surface area contributed by atoms with Gasteiger partial charge in [-0.05, 0) is 36.4 Å². The van der Waals surface area contributed by atoms with Gasteiger partial charge in [0.15, 0.2) is 23.1 Å². The second kappa shape index (κ2) is 5.14. The fourth-order valence-electron chi connectivity index (χ4n) is 1.23. The average Bonchev–Trinajstić information content (AvgIpc) is 2.28. The topological polar surface area (TPSA) is 9.23 Å². The van der Waals surface area contributed by atoms with Crippen LogP contribution < -0.4 is 4.74 Å². The molecular weight excluding hydrogens is 358 g/mol. The minimum absolute atomic E-state index is 0.0311. The van der Waals surface area contributed by atoms with Gasteiger partial charge in [-0.3, -0.25) is 0 Å². The molecule has 0 N–H and O–H groups in total. The first kappa shape index (κ1) is 12.5. The molecule has 0 saturated carbocycles. The van der Waals surface area contributed by atoms with Gasteiger partial charge in [-0.2, -0.15) is 0 Å². The van der Waals surface area contributed by atoms with Crippen molar-refractivity contribution in [1.82, 2.24) is 0 Å². The van der Waals surface area contributed by atoms with Crippen LogP contribution >= 0.6 is 31.9 Å². The van der Waals surface area contributed by atoms with Crippen molar-refractivity contribution in [3.8, 4) is 11.5 Å². The molecule has 17 heavy (non-hydrogen) atoms. The quantitative estimate of drug-likeness (QED) is 0.705. The fourth-order valence-corrected chi connectivity index (χ4v) is 1.91. The Morgan fingerprint density at radius 1 is 0.765 bits per heavy atom. The molecule has 0 heterocycles. The molecule has 0 unspecified atom stereocenters. The van der Waals surface area contributed by atoms with Crippen LogP contribution in [0.3, 0.4) is 0 Å². The molecule has 0 aromatic heterocycles. The summed E-state index contributed by atoms with van der Waals surface area (Å²) in [5.41, 5.74) is 0. The molecule has 1 nitrogen and oxygen atoms in total. The lowest BCUT2D eigenvalue weighted by Gasteiger charge is -2.08. The summed E-state index contributed by atoms with van der Waals surface area (Å²) in [7, 11) is 0. The first-order valence-corrected chi connectivity index (χ1v) is 6.23. The average molecular weight is 364 g/mol. The second-order valence-corrected chi connectivity index (χ2v) is 5.08. The molecule has 2 aromatic rings. The largest absolute Gasteiger partial charge is 0.451 e. The lowest BCUT2D eigenvalue weighted by Crippen LogP contribution is -1.91. The van der Waals surface area contributed by atoms with E-state index in [-0.39, 0.29) is 11.5 Å². The van der Waals surface area contributed by atoms with E-state index in [4.69, 9.17) is 4.74 Å². The van der Waals surface area contributed by atoms with E-state index < -0.39 is 11.6 Å². The summed E-state index contributed by atoms with van der Waals surface area (Å²) in [6, 6.07) is 8.45. The number of hydrogen-bond donors (Lipinski definition) is 0. The predicted molar refractivity (Wildman–Crippen MR) is 68.3 cm³/mol. The van der Waals surface area contributed by atoms with Crippen molar-refractivity contribution in [2.75, 3.05) is 0 Å². The van der Waals surface area contributed by atoms with E-state index in [1.807, 2.05) is 0 Å². The Hall–Kier alpha value is -0.940. The van der Waals surface area contributed by atoms with Gasteiger partial charge in [0, 0.05) is 8.95 Å². The van der Waals surface area contributed by atoms with Crippen LogP contribution in [0.5, 0.6) is 11.5 Å². The maximum atomic E-state index is 13.4. The third kappa shape index (κ3) is 3.04. The van der Waals surface area contributed by atoms with E-state index in [0.717, 1.165) is 0 Å². The number of halogens is 4. The third-order valence-corrected chi connectivity index (χ3v) is 2.99. The maximum absolute atomic E-state index is 13.4. The van der Waals surface area contributed by atoms with Crippen molar-refractivity contribution in [3.05, 3.63) is 57.0 Å². The van der Waals surface area contributed by atoms with Gasteiger partial charge in [0.25, 0.3) is 0 Å². The molecule has 0 aliphatic rings. The van der Waals surface area contributed by atoms with Gasteiger partial charge in [0.2, 0.25) is 0 Å². The summed E-state index contributed by atoms with van der Waals surface area (Å²) < 4.78 is 33.3. The van der Waals surface area contributed by atoms with Crippen LogP contribution in [0.25, 0.3) is 0 Å². The zero-order valence-electron chi connectivity index (χ0n) is 8.38. The van der Waals surface area contributed by atoms with Crippen molar-refractivity contribution in [2.24, 2.45) is 0 Å². The molecule has 2 aromatic carbocycles. The van der Waals surface area contributed by atoms with Crippen molar-refractivity contribution >= 4 is 31.9 Å². The number of rotatable bonds is 2. The minimum Gasteiger partial charge on any atom is -0.451 e. The third-order valence-electron chi connectivity index (χ3n) is 2.01. The standard InChI is InChI=1S/C12H6Br2F2O/c13-7-1-3-9(15)11(5-7)17-12-6-8(14)2-4-10(12)16/h1-6H. The molecule has 0 aliphatic heterocycles. The number of hydrogen-bond acceptors (Lipinski definition) is 1. The Kier molecular flexibility index (Phi) is 3.79. The summed E-state index contributed by atoms with van der Waals surface area (Å²) in [6.07, 6.45) is 0. The van der Waals surface area contributed by atoms with Gasteiger partial charge in [-0.1, -0.05) is 31.9 Å². The molecule has 0 amide bonds. The van der Waals surface area contributed by atoms with Gasteiger partial charge in [-0.15, -0.1) is 0 Å². The fraction of sp³-hybridized carbons (Fsp3) is 0. The minimum atomic E-state index is -0.549. The first-order chi connectivity index (χ1) is 8.06. The van der Waals surface area contributed by atoms with Gasteiger partial charge < -0.3 is 4.74 Å². The monoisotopic (exact) mass is 362 g/mol. The van der Waals surface area contributed by atoms with Gasteiger partial charge in [0.1, 0.15) is 0 Å². The van der Waals surface area contributed by atoms with Gasteiger partial charge >= 0.3 is 0 Å². The van der Waals surface area contributed by atoms with Crippen molar-refractivity contribution < 1.29 is 13.5 Å². The highest BCUT2D eigenvalue weighted by molar-refractivity contribution is 9.10. The van der Waals surface area contributed by atoms with Crippen LogP contribution in [-0.2, 0) is 0 Å². The summed E-state index contributed by atoms with van der Waals surface area (Å²) in [5, 5.41) is 0.